The first-order valence-corrected chi connectivity index (χ1v) is 5.76. The van der Waals surface area contributed by atoms with E-state index in [1.165, 1.54) is 24.3 Å². The minimum atomic E-state index is -4.36. The number of hydrogen-bond donors (Lipinski definition) is 1. The number of rotatable bonds is 4. The van der Waals surface area contributed by atoms with Crippen molar-refractivity contribution in [2.75, 3.05) is 5.88 Å². The van der Waals surface area contributed by atoms with Gasteiger partial charge in [0.2, 0.25) is 5.91 Å². The number of allylic oxidation sites excluding steroid dienone is 1. The number of benzene rings is 1. The average Bonchev–Trinajstić information content (AvgIpc) is 2.35. The van der Waals surface area contributed by atoms with E-state index in [1.807, 2.05) is 0 Å². The molecule has 0 aliphatic rings. The summed E-state index contributed by atoms with van der Waals surface area (Å²) in [6, 6.07) is 4.47. The highest BCUT2D eigenvalue weighted by Gasteiger charge is 2.29. The fourth-order valence-electron chi connectivity index (χ4n) is 1.20. The molecule has 1 aromatic rings. The predicted molar refractivity (Wildman–Crippen MR) is 68.5 cm³/mol. The van der Waals surface area contributed by atoms with E-state index in [2.05, 4.69) is 11.9 Å². The predicted octanol–water partition coefficient (Wildman–Crippen LogP) is 3.59. The van der Waals surface area contributed by atoms with Gasteiger partial charge in [0, 0.05) is 11.8 Å². The van der Waals surface area contributed by atoms with Gasteiger partial charge >= 0.3 is 6.18 Å². The Kier molecular flexibility index (Phi) is 5.18. The van der Waals surface area contributed by atoms with Crippen LogP contribution in [0.4, 0.5) is 13.2 Å². The van der Waals surface area contributed by atoms with Gasteiger partial charge in [0.25, 0.3) is 0 Å². The van der Waals surface area contributed by atoms with Crippen molar-refractivity contribution in [3.63, 3.8) is 0 Å². The Balaban J connectivity index is 2.68. The molecule has 19 heavy (non-hydrogen) atoms. The highest BCUT2D eigenvalue weighted by molar-refractivity contribution is 6.19. The molecule has 0 atom stereocenters. The SMILES string of the molecule is C=C(CCl)NC(=O)/C=C/c1ccc(C(F)(F)F)cc1. The molecular formula is C13H11ClF3NO. The van der Waals surface area contributed by atoms with Crippen LogP contribution in [0.25, 0.3) is 6.08 Å². The van der Waals surface area contributed by atoms with Gasteiger partial charge in [0.15, 0.2) is 0 Å². The van der Waals surface area contributed by atoms with Crippen LogP contribution in [0.1, 0.15) is 11.1 Å². The van der Waals surface area contributed by atoms with Crippen LogP contribution in [0.3, 0.4) is 0 Å². The summed E-state index contributed by atoms with van der Waals surface area (Å²) < 4.78 is 36.9. The number of amides is 1. The zero-order chi connectivity index (χ0) is 14.5. The molecule has 0 unspecified atom stereocenters. The third-order valence-electron chi connectivity index (χ3n) is 2.13. The Hall–Kier alpha value is -1.75. The zero-order valence-electron chi connectivity index (χ0n) is 9.80. The van der Waals surface area contributed by atoms with E-state index in [1.54, 1.807) is 0 Å². The molecule has 0 spiro atoms. The van der Waals surface area contributed by atoms with Gasteiger partial charge in [-0.2, -0.15) is 13.2 Å². The van der Waals surface area contributed by atoms with E-state index in [9.17, 15) is 18.0 Å². The van der Waals surface area contributed by atoms with E-state index >= 15 is 0 Å². The van der Waals surface area contributed by atoms with Gasteiger partial charge in [-0.15, -0.1) is 11.6 Å². The summed E-state index contributed by atoms with van der Waals surface area (Å²) in [5, 5.41) is 2.40. The van der Waals surface area contributed by atoms with Gasteiger partial charge in [-0.25, -0.2) is 0 Å². The lowest BCUT2D eigenvalue weighted by molar-refractivity contribution is -0.137. The number of halogens is 4. The fraction of sp³-hybridized carbons (Fsp3) is 0.154. The molecule has 102 valence electrons. The lowest BCUT2D eigenvalue weighted by Crippen LogP contribution is -2.20. The van der Waals surface area contributed by atoms with Gasteiger partial charge in [-0.3, -0.25) is 4.79 Å². The molecular weight excluding hydrogens is 279 g/mol. The number of nitrogens with one attached hydrogen (secondary N) is 1. The van der Waals surface area contributed by atoms with Crippen LogP contribution < -0.4 is 5.32 Å². The standard InChI is InChI=1S/C13H11ClF3NO/c1-9(8-14)18-12(19)7-4-10-2-5-11(6-3-10)13(15,16)17/h2-7H,1,8H2,(H,18,19)/b7-4+. The third-order valence-corrected chi connectivity index (χ3v) is 2.45. The summed E-state index contributed by atoms with van der Waals surface area (Å²) in [5.74, 6) is -0.342. The molecule has 1 amide bonds. The van der Waals surface area contributed by atoms with Crippen molar-refractivity contribution < 1.29 is 18.0 Å². The van der Waals surface area contributed by atoms with Crippen LogP contribution in [-0.2, 0) is 11.0 Å². The molecule has 0 heterocycles. The lowest BCUT2D eigenvalue weighted by Gasteiger charge is -2.06. The van der Waals surface area contributed by atoms with Crippen molar-refractivity contribution in [2.24, 2.45) is 0 Å². The molecule has 1 rings (SSSR count). The van der Waals surface area contributed by atoms with Crippen molar-refractivity contribution in [1.82, 2.24) is 5.32 Å². The Morgan fingerprint density at radius 3 is 2.37 bits per heavy atom. The van der Waals surface area contributed by atoms with Gasteiger partial charge in [0.1, 0.15) is 0 Å². The molecule has 0 aliphatic heterocycles. The maximum absolute atomic E-state index is 12.3. The summed E-state index contributed by atoms with van der Waals surface area (Å²) in [6.45, 7) is 3.48. The minimum absolute atomic E-state index is 0.0971. The average molecular weight is 290 g/mol. The van der Waals surface area contributed by atoms with Crippen LogP contribution in [-0.4, -0.2) is 11.8 Å². The molecule has 0 radical (unpaired) electrons. The zero-order valence-corrected chi connectivity index (χ0v) is 10.6. The summed E-state index contributed by atoms with van der Waals surface area (Å²) in [5.41, 5.74) is 0.105. The van der Waals surface area contributed by atoms with Crippen molar-refractivity contribution >= 4 is 23.6 Å². The van der Waals surface area contributed by atoms with E-state index in [4.69, 9.17) is 11.6 Å². The van der Waals surface area contributed by atoms with Crippen LogP contribution in [0.15, 0.2) is 42.6 Å². The van der Waals surface area contributed by atoms with Crippen molar-refractivity contribution in [3.8, 4) is 0 Å². The van der Waals surface area contributed by atoms with Crippen LogP contribution in [0.2, 0.25) is 0 Å². The highest BCUT2D eigenvalue weighted by atomic mass is 35.5. The molecule has 1 N–H and O–H groups in total. The number of alkyl halides is 4. The lowest BCUT2D eigenvalue weighted by atomic mass is 10.1. The van der Waals surface area contributed by atoms with Crippen LogP contribution in [0, 0.1) is 0 Å². The van der Waals surface area contributed by atoms with Gasteiger partial charge in [-0.05, 0) is 23.8 Å². The van der Waals surface area contributed by atoms with Gasteiger partial charge in [0.05, 0.1) is 11.4 Å². The highest BCUT2D eigenvalue weighted by Crippen LogP contribution is 2.29. The Morgan fingerprint density at radius 1 is 1.32 bits per heavy atom. The normalized spacial score (nSPS) is 11.6. The minimum Gasteiger partial charge on any atom is -0.326 e. The second kappa shape index (κ2) is 6.43. The van der Waals surface area contributed by atoms with Gasteiger partial charge < -0.3 is 5.32 Å². The maximum Gasteiger partial charge on any atom is 0.416 e. The quantitative estimate of drug-likeness (QED) is 0.666. The summed E-state index contributed by atoms with van der Waals surface area (Å²) in [4.78, 5) is 11.3. The molecule has 0 fully saturated rings. The smallest absolute Gasteiger partial charge is 0.326 e. The molecule has 0 aromatic heterocycles. The second-order valence-corrected chi connectivity index (χ2v) is 3.95. The van der Waals surface area contributed by atoms with Crippen molar-refractivity contribution in [3.05, 3.63) is 53.7 Å². The molecule has 2 nitrogen and oxygen atoms in total. The molecule has 1 aromatic carbocycles. The number of carbonyl (C=O) groups is 1. The fourth-order valence-corrected chi connectivity index (χ4v) is 1.27. The first kappa shape index (κ1) is 15.3. The first-order chi connectivity index (χ1) is 8.82. The summed E-state index contributed by atoms with van der Waals surface area (Å²) >= 11 is 5.43. The largest absolute Gasteiger partial charge is 0.416 e. The Morgan fingerprint density at radius 2 is 1.89 bits per heavy atom. The molecule has 0 bridgehead atoms. The van der Waals surface area contributed by atoms with Crippen LogP contribution in [0.5, 0.6) is 0 Å². The van der Waals surface area contributed by atoms with E-state index < -0.39 is 17.6 Å². The van der Waals surface area contributed by atoms with Gasteiger partial charge in [-0.1, -0.05) is 18.7 Å². The van der Waals surface area contributed by atoms with Crippen molar-refractivity contribution in [1.29, 1.82) is 0 Å². The molecule has 0 saturated carbocycles. The maximum atomic E-state index is 12.3. The topological polar surface area (TPSA) is 29.1 Å². The monoisotopic (exact) mass is 289 g/mol. The Labute approximate surface area is 113 Å². The molecule has 0 aliphatic carbocycles. The molecule has 0 saturated heterocycles. The first-order valence-electron chi connectivity index (χ1n) is 5.23. The second-order valence-electron chi connectivity index (χ2n) is 3.68. The van der Waals surface area contributed by atoms with E-state index in [-0.39, 0.29) is 5.88 Å². The van der Waals surface area contributed by atoms with E-state index in [0.717, 1.165) is 12.1 Å². The van der Waals surface area contributed by atoms with Crippen molar-refractivity contribution in [2.45, 2.75) is 6.18 Å². The summed E-state index contributed by atoms with van der Waals surface area (Å²) in [6.07, 6.45) is -1.77. The third kappa shape index (κ3) is 5.18. The number of carbonyl (C=O) groups excluding carboxylic acids is 1. The molecule has 6 heteroatoms. The number of hydrogen-bond acceptors (Lipinski definition) is 1. The Bertz CT molecular complexity index is 492. The van der Waals surface area contributed by atoms with Crippen LogP contribution >= 0.6 is 11.6 Å². The van der Waals surface area contributed by atoms with E-state index in [0.29, 0.717) is 11.3 Å². The summed E-state index contributed by atoms with van der Waals surface area (Å²) in [7, 11) is 0.